The topological polar surface area (TPSA) is 91.4 Å². The molecule has 1 aliphatic carbocycles. The van der Waals surface area contributed by atoms with Gasteiger partial charge in [-0.25, -0.2) is 0 Å². The van der Waals surface area contributed by atoms with Crippen molar-refractivity contribution < 1.29 is 19.4 Å². The monoisotopic (exact) mass is 314 g/mol. The molecule has 0 spiro atoms. The summed E-state index contributed by atoms with van der Waals surface area (Å²) in [6, 6.07) is 6.90. The second kappa shape index (κ2) is 6.16. The van der Waals surface area contributed by atoms with E-state index in [1.807, 2.05) is 6.07 Å². The van der Waals surface area contributed by atoms with Crippen LogP contribution in [0.15, 0.2) is 30.5 Å². The molecule has 1 fully saturated rings. The number of H-pyrrole nitrogens is 1. The Bertz CT molecular complexity index is 747. The molecule has 1 saturated carbocycles. The van der Waals surface area contributed by atoms with Gasteiger partial charge >= 0.3 is 5.97 Å². The number of hydrogen-bond acceptors (Lipinski definition) is 3. The van der Waals surface area contributed by atoms with E-state index >= 15 is 0 Å². The van der Waals surface area contributed by atoms with E-state index in [0.29, 0.717) is 28.6 Å². The quantitative estimate of drug-likeness (QED) is 0.764. The molecule has 23 heavy (non-hydrogen) atoms. The molecule has 1 heterocycles. The maximum absolute atomic E-state index is 12.5. The Morgan fingerprint density at radius 1 is 1.35 bits per heavy atom. The molecular formula is C17H18N2O4. The molecule has 1 amide bonds. The molecule has 6 nitrogen and oxygen atoms in total. The molecule has 0 unspecified atom stereocenters. The van der Waals surface area contributed by atoms with Gasteiger partial charge in [-0.15, -0.1) is 0 Å². The van der Waals surface area contributed by atoms with Crippen LogP contribution in [0.3, 0.4) is 0 Å². The number of carbonyl (C=O) groups excluding carboxylic acids is 1. The van der Waals surface area contributed by atoms with Crippen molar-refractivity contribution in [1.29, 1.82) is 0 Å². The Balaban J connectivity index is 1.80. The van der Waals surface area contributed by atoms with E-state index in [4.69, 9.17) is 9.84 Å². The van der Waals surface area contributed by atoms with Crippen molar-refractivity contribution in [2.24, 2.45) is 0 Å². The number of ether oxygens (including phenoxy) is 1. The van der Waals surface area contributed by atoms with Gasteiger partial charge in [0.15, 0.2) is 0 Å². The molecule has 1 aromatic heterocycles. The van der Waals surface area contributed by atoms with E-state index < -0.39 is 5.97 Å². The summed E-state index contributed by atoms with van der Waals surface area (Å²) in [5.41, 5.74) is 2.75. The number of carboxylic acids is 1. The molecule has 120 valence electrons. The normalized spacial score (nSPS) is 13.6. The molecule has 1 aromatic carbocycles. The first kappa shape index (κ1) is 15.1. The van der Waals surface area contributed by atoms with Gasteiger partial charge < -0.3 is 20.1 Å². The highest BCUT2D eigenvalue weighted by Crippen LogP contribution is 2.41. The Labute approximate surface area is 133 Å². The number of aromatic amines is 1. The first-order valence-corrected chi connectivity index (χ1v) is 7.46. The number of carboxylic acid groups (broad SMARTS) is 1. The molecule has 1 aliphatic rings. The average molecular weight is 314 g/mol. The Kier molecular flexibility index (Phi) is 4.06. The van der Waals surface area contributed by atoms with Crippen LogP contribution in [0.25, 0.3) is 0 Å². The van der Waals surface area contributed by atoms with E-state index in [9.17, 15) is 9.59 Å². The van der Waals surface area contributed by atoms with Gasteiger partial charge in [-0.05, 0) is 48.1 Å². The fourth-order valence-electron chi connectivity index (χ4n) is 2.62. The summed E-state index contributed by atoms with van der Waals surface area (Å²) in [4.78, 5) is 26.2. The second-order valence-corrected chi connectivity index (χ2v) is 5.64. The number of hydrogen-bond donors (Lipinski definition) is 3. The number of aromatic nitrogens is 1. The number of nitrogens with one attached hydrogen (secondary N) is 2. The van der Waals surface area contributed by atoms with Crippen LogP contribution in [0.1, 0.15) is 40.4 Å². The lowest BCUT2D eigenvalue weighted by atomic mass is 10.1. The first-order valence-electron chi connectivity index (χ1n) is 7.46. The molecule has 0 radical (unpaired) electrons. The largest absolute Gasteiger partial charge is 0.495 e. The van der Waals surface area contributed by atoms with Crippen LogP contribution in [0.2, 0.25) is 0 Å². The highest BCUT2D eigenvalue weighted by molar-refractivity contribution is 6.05. The van der Waals surface area contributed by atoms with Crippen molar-refractivity contribution in [3.63, 3.8) is 0 Å². The molecule has 6 heteroatoms. The average Bonchev–Trinajstić information content (AvgIpc) is 3.24. The summed E-state index contributed by atoms with van der Waals surface area (Å²) in [5.74, 6) is -0.219. The van der Waals surface area contributed by atoms with Crippen LogP contribution < -0.4 is 10.1 Å². The zero-order valence-corrected chi connectivity index (χ0v) is 12.8. The third kappa shape index (κ3) is 3.36. The van der Waals surface area contributed by atoms with Gasteiger partial charge in [-0.3, -0.25) is 9.59 Å². The lowest BCUT2D eigenvalue weighted by Crippen LogP contribution is -2.15. The van der Waals surface area contributed by atoms with E-state index in [0.717, 1.165) is 18.4 Å². The Morgan fingerprint density at radius 3 is 2.78 bits per heavy atom. The van der Waals surface area contributed by atoms with E-state index in [-0.39, 0.29) is 12.3 Å². The third-order valence-electron chi connectivity index (χ3n) is 3.89. The van der Waals surface area contributed by atoms with Gasteiger partial charge in [0, 0.05) is 6.20 Å². The van der Waals surface area contributed by atoms with E-state index in [1.165, 1.54) is 7.11 Å². The predicted octanol–water partition coefficient (Wildman–Crippen LogP) is 2.78. The Hall–Kier alpha value is -2.76. The zero-order chi connectivity index (χ0) is 16.4. The number of carbonyl (C=O) groups is 2. The number of amides is 1. The minimum Gasteiger partial charge on any atom is -0.495 e. The number of benzene rings is 1. The van der Waals surface area contributed by atoms with E-state index in [2.05, 4.69) is 10.3 Å². The van der Waals surface area contributed by atoms with Gasteiger partial charge in [0.2, 0.25) is 0 Å². The van der Waals surface area contributed by atoms with Crippen molar-refractivity contribution >= 4 is 17.6 Å². The molecule has 0 bridgehead atoms. The van der Waals surface area contributed by atoms with E-state index in [1.54, 1.807) is 24.4 Å². The molecule has 2 aromatic rings. The number of methoxy groups -OCH3 is 1. The molecule has 3 rings (SSSR count). The van der Waals surface area contributed by atoms with Crippen LogP contribution in [0, 0.1) is 0 Å². The third-order valence-corrected chi connectivity index (χ3v) is 3.89. The summed E-state index contributed by atoms with van der Waals surface area (Å²) in [6.07, 6.45) is 3.92. The van der Waals surface area contributed by atoms with Crippen molar-refractivity contribution in [2.75, 3.05) is 12.4 Å². The van der Waals surface area contributed by atoms with Crippen LogP contribution in [0.5, 0.6) is 5.75 Å². The van der Waals surface area contributed by atoms with Crippen LogP contribution in [-0.2, 0) is 11.2 Å². The lowest BCUT2D eigenvalue weighted by molar-refractivity contribution is -0.136. The summed E-state index contributed by atoms with van der Waals surface area (Å²) in [6.45, 7) is 0. The second-order valence-electron chi connectivity index (χ2n) is 5.64. The highest BCUT2D eigenvalue weighted by Gasteiger charge is 2.29. The maximum Gasteiger partial charge on any atom is 0.307 e. The number of rotatable bonds is 6. The summed E-state index contributed by atoms with van der Waals surface area (Å²) < 4.78 is 5.26. The van der Waals surface area contributed by atoms with Gasteiger partial charge in [-0.1, -0.05) is 6.07 Å². The fraction of sp³-hybridized carbons (Fsp3) is 0.294. The maximum atomic E-state index is 12.5. The predicted molar refractivity (Wildman–Crippen MR) is 85.1 cm³/mol. The minimum absolute atomic E-state index is 0.0902. The molecular weight excluding hydrogens is 296 g/mol. The standard InChI is InChI=1S/C17H18N2O4/c1-23-14-8-10(9-15(20)21)2-5-13(14)19-17(22)16-12(6-7-18-16)11-3-4-11/h2,5-8,11,18H,3-4,9H2,1H3,(H,19,22)(H,20,21). The SMILES string of the molecule is COc1cc(CC(=O)O)ccc1NC(=O)c1[nH]ccc1C1CC1. The summed E-state index contributed by atoms with van der Waals surface area (Å²) in [7, 11) is 1.49. The van der Waals surface area contributed by atoms with Gasteiger partial charge in [-0.2, -0.15) is 0 Å². The van der Waals surface area contributed by atoms with Crippen molar-refractivity contribution in [3.8, 4) is 5.75 Å². The highest BCUT2D eigenvalue weighted by atomic mass is 16.5. The van der Waals surface area contributed by atoms with Crippen LogP contribution in [-0.4, -0.2) is 29.1 Å². The molecule has 0 atom stereocenters. The van der Waals surface area contributed by atoms with Crippen molar-refractivity contribution in [3.05, 3.63) is 47.3 Å². The molecule has 3 N–H and O–H groups in total. The fourth-order valence-corrected chi connectivity index (χ4v) is 2.62. The van der Waals surface area contributed by atoms with Gasteiger partial charge in [0.1, 0.15) is 11.4 Å². The first-order chi connectivity index (χ1) is 11.1. The van der Waals surface area contributed by atoms with Crippen LogP contribution >= 0.6 is 0 Å². The smallest absolute Gasteiger partial charge is 0.307 e. The van der Waals surface area contributed by atoms with Crippen molar-refractivity contribution in [1.82, 2.24) is 4.98 Å². The summed E-state index contributed by atoms with van der Waals surface area (Å²) >= 11 is 0. The summed E-state index contributed by atoms with van der Waals surface area (Å²) in [5, 5.41) is 11.7. The number of aliphatic carboxylic acids is 1. The molecule has 0 saturated heterocycles. The Morgan fingerprint density at radius 2 is 2.13 bits per heavy atom. The van der Waals surface area contributed by atoms with Gasteiger partial charge in [0.25, 0.3) is 5.91 Å². The van der Waals surface area contributed by atoms with Crippen LogP contribution in [0.4, 0.5) is 5.69 Å². The lowest BCUT2D eigenvalue weighted by Gasteiger charge is -2.12. The van der Waals surface area contributed by atoms with Crippen molar-refractivity contribution in [2.45, 2.75) is 25.2 Å². The number of anilines is 1. The van der Waals surface area contributed by atoms with Gasteiger partial charge in [0.05, 0.1) is 19.2 Å². The minimum atomic E-state index is -0.913. The molecule has 0 aliphatic heterocycles. The zero-order valence-electron chi connectivity index (χ0n) is 12.8.